The van der Waals surface area contributed by atoms with Gasteiger partial charge in [0.15, 0.2) is 0 Å². The number of aliphatic hydroxyl groups excluding tert-OH is 1. The van der Waals surface area contributed by atoms with Crippen LogP contribution in [-0.2, 0) is 9.53 Å². The van der Waals surface area contributed by atoms with Crippen LogP contribution in [0.5, 0.6) is 0 Å². The minimum Gasteiger partial charge on any atom is -0.393 e. The standard InChI is InChI=1S/C22H34O3/c1-12-9-17(13(2)23)20(3)7-6-16-15(19(12)20)10-18-22(25-18)8-5-14(24)11-21(16,22)4/h12,14-19,24H,5-11H2,1-4H3/t12-,14-,15-,16+,17-,18+,19+,20-,21-,22+/m1/s1. The third-order valence-corrected chi connectivity index (χ3v) is 9.84. The second-order valence-corrected chi connectivity index (χ2v) is 10.8. The zero-order valence-corrected chi connectivity index (χ0v) is 16.3. The molecule has 1 saturated heterocycles. The van der Waals surface area contributed by atoms with Crippen molar-refractivity contribution in [1.29, 1.82) is 0 Å². The van der Waals surface area contributed by atoms with Gasteiger partial charge in [-0.3, -0.25) is 4.79 Å². The summed E-state index contributed by atoms with van der Waals surface area (Å²) in [5, 5.41) is 10.4. The fourth-order valence-electron chi connectivity index (χ4n) is 8.91. The largest absolute Gasteiger partial charge is 0.393 e. The number of ether oxygens (including phenoxy) is 1. The second-order valence-electron chi connectivity index (χ2n) is 10.8. The van der Waals surface area contributed by atoms with E-state index >= 15 is 0 Å². The zero-order valence-electron chi connectivity index (χ0n) is 16.3. The quantitative estimate of drug-likeness (QED) is 0.731. The average molecular weight is 347 g/mol. The molecule has 5 aliphatic rings. The molecule has 5 rings (SSSR count). The average Bonchev–Trinajstić information content (AvgIpc) is 3.16. The van der Waals surface area contributed by atoms with Crippen LogP contribution < -0.4 is 0 Å². The van der Waals surface area contributed by atoms with Gasteiger partial charge in [0.05, 0.1) is 12.2 Å². The fraction of sp³-hybridized carbons (Fsp3) is 0.955. The number of fused-ring (bicyclic) bond motifs is 4. The molecule has 5 fully saturated rings. The Balaban J connectivity index is 1.53. The summed E-state index contributed by atoms with van der Waals surface area (Å²) in [5.74, 6) is 3.28. The van der Waals surface area contributed by atoms with Crippen LogP contribution in [0, 0.1) is 40.4 Å². The zero-order chi connectivity index (χ0) is 17.8. The highest BCUT2D eigenvalue weighted by Gasteiger charge is 2.76. The summed E-state index contributed by atoms with van der Waals surface area (Å²) in [4.78, 5) is 12.4. The predicted molar refractivity (Wildman–Crippen MR) is 95.9 cm³/mol. The second kappa shape index (κ2) is 4.90. The fourth-order valence-corrected chi connectivity index (χ4v) is 8.91. The van der Waals surface area contributed by atoms with Gasteiger partial charge in [-0.15, -0.1) is 0 Å². The first-order chi connectivity index (χ1) is 11.7. The van der Waals surface area contributed by atoms with Crippen molar-refractivity contribution in [3.8, 4) is 0 Å². The molecule has 0 amide bonds. The maximum Gasteiger partial charge on any atom is 0.133 e. The Bertz CT molecular complexity index is 616. The number of rotatable bonds is 1. The van der Waals surface area contributed by atoms with Crippen LogP contribution in [0.1, 0.15) is 72.6 Å². The lowest BCUT2D eigenvalue weighted by Gasteiger charge is -2.59. The molecule has 140 valence electrons. The molecule has 0 unspecified atom stereocenters. The van der Waals surface area contributed by atoms with Crippen molar-refractivity contribution in [2.75, 3.05) is 0 Å². The van der Waals surface area contributed by atoms with Gasteiger partial charge in [0, 0.05) is 11.3 Å². The van der Waals surface area contributed by atoms with E-state index in [-0.39, 0.29) is 28.5 Å². The number of carbonyl (C=O) groups is 1. The molecule has 10 atom stereocenters. The van der Waals surface area contributed by atoms with Gasteiger partial charge in [-0.1, -0.05) is 20.8 Å². The Labute approximate surface area is 151 Å². The van der Waals surface area contributed by atoms with E-state index in [2.05, 4.69) is 20.8 Å². The van der Waals surface area contributed by atoms with Crippen LogP contribution in [0.2, 0.25) is 0 Å². The molecule has 4 aliphatic carbocycles. The lowest BCUT2D eigenvalue weighted by atomic mass is 9.44. The molecule has 3 nitrogen and oxygen atoms in total. The monoisotopic (exact) mass is 346 g/mol. The van der Waals surface area contributed by atoms with Crippen molar-refractivity contribution in [2.45, 2.75) is 90.4 Å². The molecular formula is C22H34O3. The first-order valence-corrected chi connectivity index (χ1v) is 10.6. The molecule has 1 heterocycles. The van der Waals surface area contributed by atoms with Gasteiger partial charge in [-0.25, -0.2) is 0 Å². The summed E-state index contributed by atoms with van der Waals surface area (Å²) in [6, 6.07) is 0. The van der Waals surface area contributed by atoms with E-state index < -0.39 is 0 Å². The Kier molecular flexibility index (Phi) is 3.28. The summed E-state index contributed by atoms with van der Waals surface area (Å²) in [6.07, 6.45) is 7.81. The van der Waals surface area contributed by atoms with E-state index in [1.165, 1.54) is 19.3 Å². The van der Waals surface area contributed by atoms with Gasteiger partial charge >= 0.3 is 0 Å². The SMILES string of the molecule is CC(=O)[C@H]1C[C@@H](C)[C@H]2[C@@H]3C[C@@H]4O[C@@]45CC[C@@H](O)C[C@]5(C)[C@H]3CC[C@@]21C. The van der Waals surface area contributed by atoms with Gasteiger partial charge in [0.25, 0.3) is 0 Å². The van der Waals surface area contributed by atoms with Gasteiger partial charge in [0.2, 0.25) is 0 Å². The van der Waals surface area contributed by atoms with E-state index in [0.717, 1.165) is 25.7 Å². The number of hydrogen-bond donors (Lipinski definition) is 1. The van der Waals surface area contributed by atoms with Crippen molar-refractivity contribution in [3.05, 3.63) is 0 Å². The van der Waals surface area contributed by atoms with Crippen molar-refractivity contribution in [2.24, 2.45) is 40.4 Å². The van der Waals surface area contributed by atoms with Gasteiger partial charge in [0.1, 0.15) is 11.4 Å². The summed E-state index contributed by atoms with van der Waals surface area (Å²) in [5.41, 5.74) is 0.390. The van der Waals surface area contributed by atoms with Crippen molar-refractivity contribution in [3.63, 3.8) is 0 Å². The molecule has 25 heavy (non-hydrogen) atoms. The summed E-state index contributed by atoms with van der Waals surface area (Å²) >= 11 is 0. The Morgan fingerprint density at radius 3 is 2.64 bits per heavy atom. The van der Waals surface area contributed by atoms with Crippen LogP contribution in [0.3, 0.4) is 0 Å². The minimum absolute atomic E-state index is 0.0724. The van der Waals surface area contributed by atoms with Crippen LogP contribution >= 0.6 is 0 Å². The smallest absolute Gasteiger partial charge is 0.133 e. The highest BCUT2D eigenvalue weighted by molar-refractivity contribution is 5.79. The molecule has 0 aromatic carbocycles. The maximum atomic E-state index is 12.4. The molecule has 3 heteroatoms. The first-order valence-electron chi connectivity index (χ1n) is 10.6. The number of epoxide rings is 1. The highest BCUT2D eigenvalue weighted by atomic mass is 16.6. The molecule has 1 aliphatic heterocycles. The van der Waals surface area contributed by atoms with Crippen LogP contribution in [0.15, 0.2) is 0 Å². The number of carbonyl (C=O) groups excluding carboxylic acids is 1. The van der Waals surface area contributed by atoms with E-state index in [4.69, 9.17) is 4.74 Å². The van der Waals surface area contributed by atoms with E-state index in [0.29, 0.717) is 35.6 Å². The van der Waals surface area contributed by atoms with Gasteiger partial charge < -0.3 is 9.84 Å². The molecule has 4 saturated carbocycles. The Morgan fingerprint density at radius 2 is 1.92 bits per heavy atom. The first kappa shape index (κ1) is 16.7. The molecule has 1 N–H and O–H groups in total. The van der Waals surface area contributed by atoms with E-state index in [1.54, 1.807) is 0 Å². The number of aliphatic hydroxyl groups is 1. The number of hydrogen-bond acceptors (Lipinski definition) is 3. The molecule has 0 aromatic rings. The summed E-state index contributed by atoms with van der Waals surface area (Å²) < 4.78 is 6.43. The lowest BCUT2D eigenvalue weighted by molar-refractivity contribution is -0.136. The van der Waals surface area contributed by atoms with Crippen molar-refractivity contribution in [1.82, 2.24) is 0 Å². The normalized spacial score (nSPS) is 62.4. The Hall–Kier alpha value is -0.410. The van der Waals surface area contributed by atoms with E-state index in [1.807, 2.05) is 6.92 Å². The number of ketones is 1. The third kappa shape index (κ3) is 1.87. The molecule has 0 aromatic heterocycles. The Morgan fingerprint density at radius 1 is 1.16 bits per heavy atom. The lowest BCUT2D eigenvalue weighted by Crippen LogP contribution is -2.59. The van der Waals surface area contributed by atoms with Gasteiger partial charge in [-0.05, 0) is 81.0 Å². The summed E-state index contributed by atoms with van der Waals surface area (Å²) in [7, 11) is 0. The molecule has 1 spiro atoms. The third-order valence-electron chi connectivity index (χ3n) is 9.84. The molecule has 0 radical (unpaired) electrons. The maximum absolute atomic E-state index is 12.4. The number of Topliss-reactive ketones (excluding diaryl/α,β-unsaturated/α-hetero) is 1. The topological polar surface area (TPSA) is 49.8 Å². The summed E-state index contributed by atoms with van der Waals surface area (Å²) in [6.45, 7) is 9.04. The van der Waals surface area contributed by atoms with Gasteiger partial charge in [-0.2, -0.15) is 0 Å². The highest BCUT2D eigenvalue weighted by Crippen LogP contribution is 2.74. The molecule has 0 bridgehead atoms. The van der Waals surface area contributed by atoms with Crippen LogP contribution in [-0.4, -0.2) is 28.7 Å². The van der Waals surface area contributed by atoms with Crippen LogP contribution in [0.25, 0.3) is 0 Å². The van der Waals surface area contributed by atoms with Crippen LogP contribution in [0.4, 0.5) is 0 Å². The van der Waals surface area contributed by atoms with E-state index in [9.17, 15) is 9.90 Å². The van der Waals surface area contributed by atoms with Crippen molar-refractivity contribution < 1.29 is 14.6 Å². The van der Waals surface area contributed by atoms with Crippen molar-refractivity contribution >= 4 is 5.78 Å². The predicted octanol–water partition coefficient (Wildman–Crippen LogP) is 3.97. The molecular weight excluding hydrogens is 312 g/mol. The minimum atomic E-state index is -0.154.